The summed E-state index contributed by atoms with van der Waals surface area (Å²) in [6.07, 6.45) is 1.14. The Morgan fingerprint density at radius 3 is 2.14 bits per heavy atom. The van der Waals surface area contributed by atoms with E-state index >= 15 is 0 Å². The van der Waals surface area contributed by atoms with E-state index in [-0.39, 0.29) is 28.0 Å². The molecule has 0 saturated carbocycles. The lowest BCUT2D eigenvalue weighted by Gasteiger charge is -2.28. The van der Waals surface area contributed by atoms with Crippen molar-refractivity contribution in [2.24, 2.45) is 0 Å². The highest BCUT2D eigenvalue weighted by atomic mass is 32.2. The van der Waals surface area contributed by atoms with Gasteiger partial charge in [-0.25, -0.2) is 8.42 Å². The molecule has 0 bridgehead atoms. The number of amides is 2. The van der Waals surface area contributed by atoms with Crippen molar-refractivity contribution in [3.63, 3.8) is 0 Å². The minimum atomic E-state index is -3.74. The summed E-state index contributed by atoms with van der Waals surface area (Å²) in [6, 6.07) is 19.9. The van der Waals surface area contributed by atoms with E-state index < -0.39 is 10.0 Å². The molecule has 0 unspecified atom stereocenters. The van der Waals surface area contributed by atoms with Crippen molar-refractivity contribution in [1.82, 2.24) is 14.9 Å². The lowest BCUT2D eigenvalue weighted by Crippen LogP contribution is -2.36. The van der Waals surface area contributed by atoms with Gasteiger partial charge in [0.1, 0.15) is 5.75 Å². The largest absolute Gasteiger partial charge is 0.508 e. The molecule has 3 N–H and O–H groups in total. The third-order valence-corrected chi connectivity index (χ3v) is 7.70. The number of phenolic OH excluding ortho intramolecular Hbond substituents is 1. The van der Waals surface area contributed by atoms with Gasteiger partial charge in [0.15, 0.2) is 0 Å². The van der Waals surface area contributed by atoms with Gasteiger partial charge in [0.05, 0.1) is 4.90 Å². The summed E-state index contributed by atoms with van der Waals surface area (Å²) in [5.41, 5.74) is 2.76. The molecule has 0 spiro atoms. The summed E-state index contributed by atoms with van der Waals surface area (Å²) >= 11 is 0. The zero-order valence-electron chi connectivity index (χ0n) is 19.1. The first-order chi connectivity index (χ1) is 16.8. The van der Waals surface area contributed by atoms with Crippen molar-refractivity contribution >= 4 is 21.8 Å². The number of carbonyl (C=O) groups excluding carboxylic acids is 2. The molecule has 0 fully saturated rings. The van der Waals surface area contributed by atoms with Gasteiger partial charge < -0.3 is 15.7 Å². The molecule has 9 heteroatoms. The second-order valence-corrected chi connectivity index (χ2v) is 10.2. The summed E-state index contributed by atoms with van der Waals surface area (Å²) < 4.78 is 27.9. The summed E-state index contributed by atoms with van der Waals surface area (Å²) in [5.74, 6) is -0.685. The lowest BCUT2D eigenvalue weighted by molar-refractivity contribution is 0.0951. The van der Waals surface area contributed by atoms with Crippen LogP contribution < -0.4 is 10.6 Å². The van der Waals surface area contributed by atoms with Gasteiger partial charge >= 0.3 is 0 Å². The molecule has 3 aromatic rings. The molecule has 182 valence electrons. The van der Waals surface area contributed by atoms with Crippen molar-refractivity contribution < 1.29 is 23.1 Å². The minimum Gasteiger partial charge on any atom is -0.508 e. The predicted octanol–water partition coefficient (Wildman–Crippen LogP) is 2.69. The third kappa shape index (κ3) is 5.87. The number of carbonyl (C=O) groups is 2. The second-order valence-electron chi connectivity index (χ2n) is 8.30. The van der Waals surface area contributed by atoms with Gasteiger partial charge in [-0.2, -0.15) is 4.31 Å². The van der Waals surface area contributed by atoms with E-state index in [9.17, 15) is 23.1 Å². The highest BCUT2D eigenvalue weighted by Gasteiger charge is 2.28. The van der Waals surface area contributed by atoms with Gasteiger partial charge in [-0.3, -0.25) is 9.59 Å². The SMILES string of the molecule is O=C(NCCCNC(=O)c1cccc(S(=O)(=O)N2CCc3ccccc3C2)c1)c1cccc(O)c1. The van der Waals surface area contributed by atoms with Gasteiger partial charge in [-0.05, 0) is 60.4 Å². The van der Waals surface area contributed by atoms with E-state index in [0.717, 1.165) is 11.1 Å². The van der Waals surface area contributed by atoms with E-state index in [1.54, 1.807) is 24.3 Å². The first kappa shape index (κ1) is 24.4. The number of benzene rings is 3. The second kappa shape index (κ2) is 10.7. The Balaban J connectivity index is 1.30. The van der Waals surface area contributed by atoms with Crippen LogP contribution in [0.1, 0.15) is 38.3 Å². The van der Waals surface area contributed by atoms with Gasteiger partial charge in [0.2, 0.25) is 10.0 Å². The Kier molecular flexibility index (Phi) is 7.48. The molecule has 1 aliphatic rings. The number of rotatable bonds is 8. The van der Waals surface area contributed by atoms with Crippen molar-refractivity contribution in [1.29, 1.82) is 0 Å². The number of fused-ring (bicyclic) bond motifs is 1. The maximum Gasteiger partial charge on any atom is 0.251 e. The van der Waals surface area contributed by atoms with Crippen LogP contribution in [0.15, 0.2) is 77.7 Å². The number of nitrogens with one attached hydrogen (secondary N) is 2. The lowest BCUT2D eigenvalue weighted by atomic mass is 10.0. The molecule has 3 aromatic carbocycles. The zero-order valence-corrected chi connectivity index (χ0v) is 19.9. The smallest absolute Gasteiger partial charge is 0.251 e. The van der Waals surface area contributed by atoms with Gasteiger partial charge in [0, 0.05) is 37.3 Å². The van der Waals surface area contributed by atoms with Crippen LogP contribution in [0.25, 0.3) is 0 Å². The van der Waals surface area contributed by atoms with E-state index in [1.165, 1.54) is 28.6 Å². The minimum absolute atomic E-state index is 0.0132. The van der Waals surface area contributed by atoms with Crippen LogP contribution in [0.5, 0.6) is 5.75 Å². The molecule has 0 atom stereocenters. The number of hydrogen-bond acceptors (Lipinski definition) is 5. The van der Waals surface area contributed by atoms with Gasteiger partial charge in [-0.15, -0.1) is 0 Å². The maximum atomic E-state index is 13.2. The number of sulfonamides is 1. The molecule has 0 aliphatic carbocycles. The number of phenols is 1. The average Bonchev–Trinajstić information content (AvgIpc) is 2.88. The Morgan fingerprint density at radius 1 is 0.829 bits per heavy atom. The van der Waals surface area contributed by atoms with Crippen LogP contribution in [-0.2, 0) is 23.0 Å². The van der Waals surface area contributed by atoms with E-state index in [2.05, 4.69) is 10.6 Å². The molecular weight excluding hydrogens is 466 g/mol. The van der Waals surface area contributed by atoms with Crippen LogP contribution >= 0.6 is 0 Å². The average molecular weight is 494 g/mol. The Bertz CT molecular complexity index is 1340. The molecule has 0 saturated heterocycles. The fraction of sp³-hybridized carbons (Fsp3) is 0.231. The highest BCUT2D eigenvalue weighted by Crippen LogP contribution is 2.25. The zero-order chi connectivity index (χ0) is 24.8. The van der Waals surface area contributed by atoms with Crippen LogP contribution in [-0.4, -0.2) is 49.3 Å². The Labute approximate surface area is 204 Å². The summed E-state index contributed by atoms with van der Waals surface area (Å²) in [5, 5.41) is 14.9. The van der Waals surface area contributed by atoms with E-state index in [4.69, 9.17) is 0 Å². The number of hydrogen-bond donors (Lipinski definition) is 3. The van der Waals surface area contributed by atoms with Crippen molar-refractivity contribution in [2.45, 2.75) is 24.3 Å². The predicted molar refractivity (Wildman–Crippen MR) is 132 cm³/mol. The summed E-state index contributed by atoms with van der Waals surface area (Å²) in [4.78, 5) is 24.7. The first-order valence-electron chi connectivity index (χ1n) is 11.4. The Morgan fingerprint density at radius 2 is 1.46 bits per heavy atom. The molecule has 0 aromatic heterocycles. The van der Waals surface area contributed by atoms with Crippen molar-refractivity contribution in [3.8, 4) is 5.75 Å². The van der Waals surface area contributed by atoms with Crippen LogP contribution in [0, 0.1) is 0 Å². The molecule has 1 heterocycles. The third-order valence-electron chi connectivity index (χ3n) is 5.86. The normalized spacial score (nSPS) is 13.6. The molecule has 2 amide bonds. The number of nitrogens with zero attached hydrogens (tertiary/aromatic N) is 1. The first-order valence-corrected chi connectivity index (χ1v) is 12.8. The molecule has 1 aliphatic heterocycles. The van der Waals surface area contributed by atoms with Gasteiger partial charge in [0.25, 0.3) is 11.8 Å². The monoisotopic (exact) mass is 493 g/mol. The topological polar surface area (TPSA) is 116 Å². The van der Waals surface area contributed by atoms with E-state index in [0.29, 0.717) is 44.6 Å². The molecular formula is C26H27N3O5S. The quantitative estimate of drug-likeness (QED) is 0.417. The van der Waals surface area contributed by atoms with Crippen LogP contribution in [0.3, 0.4) is 0 Å². The van der Waals surface area contributed by atoms with Crippen LogP contribution in [0.4, 0.5) is 0 Å². The molecule has 4 rings (SSSR count). The van der Waals surface area contributed by atoms with Crippen molar-refractivity contribution in [3.05, 3.63) is 95.1 Å². The van der Waals surface area contributed by atoms with Crippen LogP contribution in [0.2, 0.25) is 0 Å². The number of aromatic hydroxyl groups is 1. The summed E-state index contributed by atoms with van der Waals surface area (Å²) in [7, 11) is -3.74. The van der Waals surface area contributed by atoms with Gasteiger partial charge in [-0.1, -0.05) is 36.4 Å². The van der Waals surface area contributed by atoms with E-state index in [1.807, 2.05) is 24.3 Å². The highest BCUT2D eigenvalue weighted by molar-refractivity contribution is 7.89. The summed E-state index contributed by atoms with van der Waals surface area (Å²) in [6.45, 7) is 1.34. The standard InChI is InChI=1S/C26H27N3O5S/c30-23-10-3-8-20(16-23)25(31)27-13-5-14-28-26(32)21-9-4-11-24(17-21)35(33,34)29-15-12-19-6-1-2-7-22(19)18-29/h1-4,6-11,16-17,30H,5,12-15,18H2,(H,27,31)(H,28,32). The maximum absolute atomic E-state index is 13.2. The molecule has 8 nitrogen and oxygen atoms in total. The van der Waals surface area contributed by atoms with Crippen molar-refractivity contribution in [2.75, 3.05) is 19.6 Å². The Hall–Kier alpha value is -3.69. The fourth-order valence-electron chi connectivity index (χ4n) is 3.97. The molecule has 35 heavy (non-hydrogen) atoms. The fourth-order valence-corrected chi connectivity index (χ4v) is 5.43. The molecule has 0 radical (unpaired) electrons.